The maximum atomic E-state index is 14.4. The fourth-order valence-electron chi connectivity index (χ4n) is 5.67. The lowest BCUT2D eigenvalue weighted by Crippen LogP contribution is -2.54. The van der Waals surface area contributed by atoms with Gasteiger partial charge in [0.15, 0.2) is 5.54 Å². The minimum absolute atomic E-state index is 0.0896. The second-order valence-electron chi connectivity index (χ2n) is 9.60. The number of unbranched alkanes of at least 4 members (excludes halogenated alkanes) is 1. The highest BCUT2D eigenvalue weighted by Gasteiger charge is 2.67. The molecule has 1 N–H and O–H groups in total. The Morgan fingerprint density at radius 3 is 2.54 bits per heavy atom. The van der Waals surface area contributed by atoms with Crippen molar-refractivity contribution < 1.29 is 29.0 Å². The SMILES string of the molecule is CCCCN1C(=O)C2(/C(=C(/O)c3ccc(OCC)cc3)C(=O)C(=O)N2CC2CCCO2)c2ccccc21. The Labute approximate surface area is 216 Å². The number of para-hydroxylation sites is 1. The minimum atomic E-state index is -1.76. The number of ether oxygens (including phenoxy) is 2. The van der Waals surface area contributed by atoms with Crippen molar-refractivity contribution in [1.82, 2.24) is 4.90 Å². The lowest BCUT2D eigenvalue weighted by Gasteiger charge is -2.35. The van der Waals surface area contributed by atoms with Gasteiger partial charge in [-0.3, -0.25) is 14.4 Å². The Kier molecular flexibility index (Phi) is 6.77. The maximum absolute atomic E-state index is 14.4. The van der Waals surface area contributed by atoms with E-state index in [1.807, 2.05) is 26.0 Å². The molecular formula is C29H32N2O6. The number of Topliss-reactive ketones (excluding diaryl/α,β-unsaturated/α-hetero) is 1. The van der Waals surface area contributed by atoms with E-state index in [2.05, 4.69) is 0 Å². The highest BCUT2D eigenvalue weighted by atomic mass is 16.5. The van der Waals surface area contributed by atoms with Crippen molar-refractivity contribution in [2.24, 2.45) is 0 Å². The summed E-state index contributed by atoms with van der Waals surface area (Å²) in [5.74, 6) is -1.84. The number of hydrogen-bond acceptors (Lipinski definition) is 6. The van der Waals surface area contributed by atoms with Crippen molar-refractivity contribution in [1.29, 1.82) is 0 Å². The zero-order valence-corrected chi connectivity index (χ0v) is 21.2. The predicted molar refractivity (Wildman–Crippen MR) is 138 cm³/mol. The third kappa shape index (κ3) is 3.91. The number of rotatable bonds is 8. The summed E-state index contributed by atoms with van der Waals surface area (Å²) in [6, 6.07) is 13.9. The zero-order chi connectivity index (χ0) is 26.2. The second kappa shape index (κ2) is 10.0. The molecule has 2 atom stereocenters. The van der Waals surface area contributed by atoms with Crippen LogP contribution in [0.5, 0.6) is 5.75 Å². The molecule has 194 valence electrons. The predicted octanol–water partition coefficient (Wildman–Crippen LogP) is 3.99. The van der Waals surface area contributed by atoms with Gasteiger partial charge in [0, 0.05) is 30.8 Å². The summed E-state index contributed by atoms with van der Waals surface area (Å²) in [7, 11) is 0. The maximum Gasteiger partial charge on any atom is 0.296 e. The van der Waals surface area contributed by atoms with Crippen LogP contribution >= 0.6 is 0 Å². The molecule has 3 heterocycles. The Morgan fingerprint density at radius 2 is 1.86 bits per heavy atom. The summed E-state index contributed by atoms with van der Waals surface area (Å²) in [5.41, 5.74) is -0.447. The van der Waals surface area contributed by atoms with E-state index in [4.69, 9.17) is 9.47 Å². The molecule has 2 fully saturated rings. The van der Waals surface area contributed by atoms with Crippen molar-refractivity contribution in [3.8, 4) is 5.75 Å². The van der Waals surface area contributed by atoms with Gasteiger partial charge in [0.05, 0.1) is 24.0 Å². The molecule has 2 amide bonds. The summed E-state index contributed by atoms with van der Waals surface area (Å²) in [4.78, 5) is 44.7. The fourth-order valence-corrected chi connectivity index (χ4v) is 5.67. The third-order valence-corrected chi connectivity index (χ3v) is 7.39. The van der Waals surface area contributed by atoms with Gasteiger partial charge in [-0.1, -0.05) is 31.5 Å². The first-order valence-corrected chi connectivity index (χ1v) is 13.0. The summed E-state index contributed by atoms with van der Waals surface area (Å²) < 4.78 is 11.3. The number of aliphatic hydroxyl groups excluding tert-OH is 1. The van der Waals surface area contributed by atoms with E-state index in [0.717, 1.165) is 25.7 Å². The van der Waals surface area contributed by atoms with Gasteiger partial charge in [-0.25, -0.2) is 0 Å². The molecule has 0 radical (unpaired) electrons. The van der Waals surface area contributed by atoms with Crippen LogP contribution in [-0.4, -0.2) is 60.0 Å². The van der Waals surface area contributed by atoms with E-state index in [0.29, 0.717) is 42.3 Å². The van der Waals surface area contributed by atoms with E-state index in [9.17, 15) is 19.5 Å². The number of carbonyl (C=O) groups excluding carboxylic acids is 3. The largest absolute Gasteiger partial charge is 0.507 e. The lowest BCUT2D eigenvalue weighted by atomic mass is 9.81. The minimum Gasteiger partial charge on any atom is -0.507 e. The molecule has 1 spiro atoms. The van der Waals surface area contributed by atoms with Crippen LogP contribution in [0, 0.1) is 0 Å². The number of amides is 2. The summed E-state index contributed by atoms with van der Waals surface area (Å²) in [6.07, 6.45) is 2.92. The monoisotopic (exact) mass is 504 g/mol. The Morgan fingerprint density at radius 1 is 1.11 bits per heavy atom. The topological polar surface area (TPSA) is 96.4 Å². The van der Waals surface area contributed by atoms with Gasteiger partial charge >= 0.3 is 0 Å². The highest BCUT2D eigenvalue weighted by molar-refractivity contribution is 6.50. The van der Waals surface area contributed by atoms with Crippen LogP contribution < -0.4 is 9.64 Å². The molecule has 8 heteroatoms. The second-order valence-corrected chi connectivity index (χ2v) is 9.60. The number of fused-ring (bicyclic) bond motifs is 2. The molecule has 37 heavy (non-hydrogen) atoms. The standard InChI is InChI=1S/C29H32N2O6/c1-3-5-16-30-23-11-7-6-10-22(23)29(28(30)35)24(25(32)19-12-14-20(15-13-19)36-4-2)26(33)27(34)31(29)18-21-9-8-17-37-21/h6-7,10-15,21,32H,3-5,8-9,16-18H2,1-2H3/b25-24+. The highest BCUT2D eigenvalue weighted by Crippen LogP contribution is 2.54. The van der Waals surface area contributed by atoms with E-state index >= 15 is 0 Å². The quantitative estimate of drug-likeness (QED) is 0.332. The van der Waals surface area contributed by atoms with Crippen LogP contribution in [0.25, 0.3) is 5.76 Å². The van der Waals surface area contributed by atoms with Crippen molar-refractivity contribution in [3.05, 3.63) is 65.2 Å². The van der Waals surface area contributed by atoms with E-state index in [1.54, 1.807) is 41.3 Å². The average Bonchev–Trinajstić information content (AvgIpc) is 3.57. The van der Waals surface area contributed by atoms with Gasteiger partial charge in [-0.2, -0.15) is 0 Å². The van der Waals surface area contributed by atoms with E-state index in [-0.39, 0.29) is 24.0 Å². The third-order valence-electron chi connectivity index (χ3n) is 7.39. The van der Waals surface area contributed by atoms with Crippen LogP contribution in [0.15, 0.2) is 54.1 Å². The first-order valence-electron chi connectivity index (χ1n) is 13.0. The molecule has 2 aromatic rings. The Balaban J connectivity index is 1.73. The first-order chi connectivity index (χ1) is 17.9. The number of nitrogens with zero attached hydrogens (tertiary/aromatic N) is 2. The molecule has 0 aromatic heterocycles. The smallest absolute Gasteiger partial charge is 0.296 e. The first kappa shape index (κ1) is 25.0. The lowest BCUT2D eigenvalue weighted by molar-refractivity contribution is -0.145. The Bertz CT molecular complexity index is 1250. The van der Waals surface area contributed by atoms with E-state index in [1.165, 1.54) is 4.90 Å². The van der Waals surface area contributed by atoms with Crippen LogP contribution in [0.2, 0.25) is 0 Å². The molecule has 3 aliphatic rings. The molecule has 5 rings (SSSR count). The number of carbonyl (C=O) groups is 3. The summed E-state index contributed by atoms with van der Waals surface area (Å²) in [5, 5.41) is 11.6. The molecule has 0 saturated carbocycles. The molecule has 3 aliphatic heterocycles. The molecule has 8 nitrogen and oxygen atoms in total. The van der Waals surface area contributed by atoms with Crippen LogP contribution in [0.3, 0.4) is 0 Å². The van der Waals surface area contributed by atoms with Gasteiger partial charge in [0.2, 0.25) is 0 Å². The van der Waals surface area contributed by atoms with Crippen LogP contribution in [-0.2, 0) is 24.7 Å². The van der Waals surface area contributed by atoms with Crippen molar-refractivity contribution in [3.63, 3.8) is 0 Å². The van der Waals surface area contributed by atoms with Gasteiger partial charge in [-0.05, 0) is 56.5 Å². The zero-order valence-electron chi connectivity index (χ0n) is 21.2. The van der Waals surface area contributed by atoms with Gasteiger partial charge < -0.3 is 24.4 Å². The van der Waals surface area contributed by atoms with Crippen molar-refractivity contribution in [2.45, 2.75) is 51.2 Å². The molecule has 2 unspecified atom stereocenters. The molecule has 0 aliphatic carbocycles. The number of likely N-dealkylation sites (tertiary alicyclic amines) is 1. The Hall–Kier alpha value is -3.65. The number of benzene rings is 2. The number of ketones is 1. The molecule has 2 aromatic carbocycles. The van der Waals surface area contributed by atoms with Crippen LogP contribution in [0.4, 0.5) is 5.69 Å². The van der Waals surface area contributed by atoms with Crippen molar-refractivity contribution in [2.75, 3.05) is 31.2 Å². The molecular weight excluding hydrogens is 472 g/mol. The fraction of sp³-hybridized carbons (Fsp3) is 0.414. The van der Waals surface area contributed by atoms with Gasteiger partial charge in [0.1, 0.15) is 11.5 Å². The van der Waals surface area contributed by atoms with Crippen molar-refractivity contribution >= 4 is 29.0 Å². The van der Waals surface area contributed by atoms with Gasteiger partial charge in [0.25, 0.3) is 17.6 Å². The molecule has 0 bridgehead atoms. The number of anilines is 1. The summed E-state index contributed by atoms with van der Waals surface area (Å²) in [6.45, 7) is 5.50. The van der Waals surface area contributed by atoms with Crippen LogP contribution in [0.1, 0.15) is 50.7 Å². The average molecular weight is 505 g/mol. The molecule has 2 saturated heterocycles. The number of aliphatic hydroxyl groups is 1. The van der Waals surface area contributed by atoms with E-state index < -0.39 is 23.1 Å². The number of hydrogen-bond donors (Lipinski definition) is 1. The van der Waals surface area contributed by atoms with Gasteiger partial charge in [-0.15, -0.1) is 0 Å². The summed E-state index contributed by atoms with van der Waals surface area (Å²) >= 11 is 0. The normalized spacial score (nSPS) is 24.4.